The molecule has 1 heterocycles. The van der Waals surface area contributed by atoms with Crippen molar-refractivity contribution in [2.24, 2.45) is 0 Å². The van der Waals surface area contributed by atoms with Gasteiger partial charge in [-0.15, -0.1) is 0 Å². The number of aromatic nitrogens is 3. The van der Waals surface area contributed by atoms with Crippen LogP contribution in [0.5, 0.6) is 0 Å². The standard InChI is InChI=1S/C17H25N5/c1-5-11-22(12-6-2)17-19-14(4)18-16(21-17)20-15-9-7-13(3)8-10-15/h7-10H,5-6,11-12H2,1-4H3,(H,18,19,20,21). The molecule has 0 saturated carbocycles. The molecular weight excluding hydrogens is 274 g/mol. The Balaban J connectivity index is 2.23. The second-order valence-corrected chi connectivity index (χ2v) is 5.48. The highest BCUT2D eigenvalue weighted by Gasteiger charge is 2.11. The Kier molecular flexibility index (Phi) is 5.69. The van der Waals surface area contributed by atoms with Gasteiger partial charge in [-0.2, -0.15) is 15.0 Å². The van der Waals surface area contributed by atoms with Crippen LogP contribution < -0.4 is 10.2 Å². The van der Waals surface area contributed by atoms with Crippen molar-refractivity contribution in [3.05, 3.63) is 35.7 Å². The zero-order valence-corrected chi connectivity index (χ0v) is 13.9. The number of nitrogens with one attached hydrogen (secondary N) is 1. The van der Waals surface area contributed by atoms with Crippen molar-refractivity contribution in [2.75, 3.05) is 23.3 Å². The van der Waals surface area contributed by atoms with E-state index in [2.05, 4.69) is 58.1 Å². The first-order valence-corrected chi connectivity index (χ1v) is 7.93. The lowest BCUT2D eigenvalue weighted by Crippen LogP contribution is -2.27. The van der Waals surface area contributed by atoms with Gasteiger partial charge in [0.2, 0.25) is 11.9 Å². The van der Waals surface area contributed by atoms with E-state index in [1.807, 2.05) is 19.1 Å². The number of anilines is 3. The largest absolute Gasteiger partial charge is 0.341 e. The van der Waals surface area contributed by atoms with Gasteiger partial charge < -0.3 is 10.2 Å². The molecule has 1 aromatic heterocycles. The van der Waals surface area contributed by atoms with Crippen molar-refractivity contribution >= 4 is 17.6 Å². The van der Waals surface area contributed by atoms with Crippen LogP contribution in [0.4, 0.5) is 17.6 Å². The molecule has 0 unspecified atom stereocenters. The minimum absolute atomic E-state index is 0.601. The molecule has 0 atom stereocenters. The molecule has 0 amide bonds. The molecule has 5 heteroatoms. The highest BCUT2D eigenvalue weighted by molar-refractivity contribution is 5.54. The zero-order chi connectivity index (χ0) is 15.9. The molecular formula is C17H25N5. The number of benzene rings is 1. The van der Waals surface area contributed by atoms with Crippen molar-refractivity contribution < 1.29 is 0 Å². The third-order valence-corrected chi connectivity index (χ3v) is 3.31. The zero-order valence-electron chi connectivity index (χ0n) is 13.9. The number of hydrogen-bond donors (Lipinski definition) is 1. The first kappa shape index (κ1) is 16.2. The van der Waals surface area contributed by atoms with E-state index in [-0.39, 0.29) is 0 Å². The topological polar surface area (TPSA) is 53.9 Å². The van der Waals surface area contributed by atoms with E-state index < -0.39 is 0 Å². The maximum atomic E-state index is 4.58. The van der Waals surface area contributed by atoms with Gasteiger partial charge in [0.25, 0.3) is 0 Å². The van der Waals surface area contributed by atoms with Gasteiger partial charge >= 0.3 is 0 Å². The minimum Gasteiger partial charge on any atom is -0.341 e. The fraction of sp³-hybridized carbons (Fsp3) is 0.471. The molecule has 5 nitrogen and oxygen atoms in total. The van der Waals surface area contributed by atoms with Crippen molar-refractivity contribution in [2.45, 2.75) is 40.5 Å². The van der Waals surface area contributed by atoms with Crippen LogP contribution in [0.15, 0.2) is 24.3 Å². The highest BCUT2D eigenvalue weighted by Crippen LogP contribution is 2.17. The number of aryl methyl sites for hydroxylation is 2. The average molecular weight is 299 g/mol. The van der Waals surface area contributed by atoms with Gasteiger partial charge in [0.1, 0.15) is 5.82 Å². The third kappa shape index (κ3) is 4.41. The van der Waals surface area contributed by atoms with Crippen LogP contribution in [0.25, 0.3) is 0 Å². The van der Waals surface area contributed by atoms with Crippen molar-refractivity contribution in [3.63, 3.8) is 0 Å². The second-order valence-electron chi connectivity index (χ2n) is 5.48. The van der Waals surface area contributed by atoms with E-state index in [4.69, 9.17) is 0 Å². The van der Waals surface area contributed by atoms with Gasteiger partial charge in [-0.1, -0.05) is 31.5 Å². The summed E-state index contributed by atoms with van der Waals surface area (Å²) in [5.74, 6) is 2.09. The van der Waals surface area contributed by atoms with Gasteiger partial charge in [-0.3, -0.25) is 0 Å². The Hall–Kier alpha value is -2.17. The first-order chi connectivity index (χ1) is 10.6. The monoisotopic (exact) mass is 299 g/mol. The summed E-state index contributed by atoms with van der Waals surface area (Å²) in [6, 6.07) is 8.20. The Morgan fingerprint density at radius 3 is 2.14 bits per heavy atom. The third-order valence-electron chi connectivity index (χ3n) is 3.31. The molecule has 0 saturated heterocycles. The maximum Gasteiger partial charge on any atom is 0.232 e. The van der Waals surface area contributed by atoms with E-state index in [9.17, 15) is 0 Å². The first-order valence-electron chi connectivity index (χ1n) is 7.93. The molecule has 2 aromatic rings. The summed E-state index contributed by atoms with van der Waals surface area (Å²) in [4.78, 5) is 15.7. The van der Waals surface area contributed by atoms with Crippen LogP contribution in [0.2, 0.25) is 0 Å². The predicted octanol–water partition coefficient (Wildman–Crippen LogP) is 3.86. The van der Waals surface area contributed by atoms with Crippen LogP contribution in [-0.2, 0) is 0 Å². The van der Waals surface area contributed by atoms with Crippen LogP contribution in [-0.4, -0.2) is 28.0 Å². The summed E-state index contributed by atoms with van der Waals surface area (Å²) in [5.41, 5.74) is 2.22. The smallest absolute Gasteiger partial charge is 0.232 e. The summed E-state index contributed by atoms with van der Waals surface area (Å²) >= 11 is 0. The van der Waals surface area contributed by atoms with Gasteiger partial charge in [-0.05, 0) is 38.8 Å². The van der Waals surface area contributed by atoms with Crippen molar-refractivity contribution in [1.29, 1.82) is 0 Å². The maximum absolute atomic E-state index is 4.58. The van der Waals surface area contributed by atoms with E-state index in [0.717, 1.165) is 43.4 Å². The number of nitrogens with zero attached hydrogens (tertiary/aromatic N) is 4. The van der Waals surface area contributed by atoms with E-state index in [0.29, 0.717) is 5.95 Å². The molecule has 1 aromatic carbocycles. The second kappa shape index (κ2) is 7.73. The quantitative estimate of drug-likeness (QED) is 0.841. The lowest BCUT2D eigenvalue weighted by Gasteiger charge is -2.21. The Morgan fingerprint density at radius 2 is 1.55 bits per heavy atom. The van der Waals surface area contributed by atoms with Gasteiger partial charge in [0.15, 0.2) is 0 Å². The number of rotatable bonds is 7. The van der Waals surface area contributed by atoms with E-state index >= 15 is 0 Å². The summed E-state index contributed by atoms with van der Waals surface area (Å²) in [6.07, 6.45) is 2.15. The summed E-state index contributed by atoms with van der Waals surface area (Å²) in [5, 5.41) is 3.26. The molecule has 0 spiro atoms. The van der Waals surface area contributed by atoms with Gasteiger partial charge in [0, 0.05) is 18.8 Å². The van der Waals surface area contributed by atoms with Gasteiger partial charge in [-0.25, -0.2) is 0 Å². The van der Waals surface area contributed by atoms with E-state index in [1.54, 1.807) is 0 Å². The normalized spacial score (nSPS) is 10.5. The fourth-order valence-electron chi connectivity index (χ4n) is 2.28. The molecule has 0 aliphatic heterocycles. The average Bonchev–Trinajstić information content (AvgIpc) is 2.49. The Bertz CT molecular complexity index is 588. The predicted molar refractivity (Wildman–Crippen MR) is 91.8 cm³/mol. The minimum atomic E-state index is 0.601. The molecule has 0 fully saturated rings. The van der Waals surface area contributed by atoms with Gasteiger partial charge in [0.05, 0.1) is 0 Å². The lowest BCUT2D eigenvalue weighted by atomic mass is 10.2. The van der Waals surface area contributed by atoms with Crippen LogP contribution >= 0.6 is 0 Å². The molecule has 2 rings (SSSR count). The Morgan fingerprint density at radius 1 is 0.909 bits per heavy atom. The van der Waals surface area contributed by atoms with Crippen molar-refractivity contribution in [1.82, 2.24) is 15.0 Å². The van der Waals surface area contributed by atoms with Crippen LogP contribution in [0.3, 0.4) is 0 Å². The SMILES string of the molecule is CCCN(CCC)c1nc(C)nc(Nc2ccc(C)cc2)n1. The Labute approximate surface area is 132 Å². The summed E-state index contributed by atoms with van der Waals surface area (Å²) in [7, 11) is 0. The van der Waals surface area contributed by atoms with Crippen molar-refractivity contribution in [3.8, 4) is 0 Å². The fourth-order valence-corrected chi connectivity index (χ4v) is 2.28. The van der Waals surface area contributed by atoms with Crippen LogP contribution in [0.1, 0.15) is 38.1 Å². The number of hydrogen-bond acceptors (Lipinski definition) is 5. The molecule has 0 aliphatic rings. The summed E-state index contributed by atoms with van der Waals surface area (Å²) < 4.78 is 0. The lowest BCUT2D eigenvalue weighted by molar-refractivity contribution is 0.715. The summed E-state index contributed by atoms with van der Waals surface area (Å²) in [6.45, 7) is 10.2. The molecule has 22 heavy (non-hydrogen) atoms. The molecule has 1 N–H and O–H groups in total. The highest BCUT2D eigenvalue weighted by atomic mass is 15.3. The molecule has 118 valence electrons. The van der Waals surface area contributed by atoms with E-state index in [1.165, 1.54) is 5.56 Å². The van der Waals surface area contributed by atoms with Crippen LogP contribution in [0, 0.1) is 13.8 Å². The molecule has 0 bridgehead atoms. The molecule has 0 aliphatic carbocycles. The molecule has 0 radical (unpaired) electrons.